The number of allylic oxidation sites excluding steroid dienone is 4. The number of rotatable bonds is 2. The molecule has 3 N–H and O–H groups in total. The molecular weight excluding hydrogens is 202 g/mol. The molecular formula is C12H15N3O. The molecule has 4 heteroatoms. The Hall–Kier alpha value is -1.97. The highest BCUT2D eigenvalue weighted by Gasteiger charge is 2.21. The number of ether oxygens (including phenoxy) is 1. The molecule has 0 aliphatic carbocycles. The van der Waals surface area contributed by atoms with Gasteiger partial charge in [-0.15, -0.1) is 0 Å². The van der Waals surface area contributed by atoms with Crippen molar-refractivity contribution < 1.29 is 4.74 Å². The van der Waals surface area contributed by atoms with Crippen molar-refractivity contribution in [2.45, 2.75) is 13.3 Å². The fraction of sp³-hybridized carbons (Fsp3) is 0.250. The topological polar surface area (TPSA) is 63.9 Å². The summed E-state index contributed by atoms with van der Waals surface area (Å²) in [5.41, 5.74) is 9.61. The van der Waals surface area contributed by atoms with E-state index < -0.39 is 0 Å². The highest BCUT2D eigenvalue weighted by Crippen LogP contribution is 2.32. The fourth-order valence-corrected chi connectivity index (χ4v) is 1.81. The third kappa shape index (κ3) is 1.74. The number of nitrogens with zero attached hydrogens (tertiary/aromatic N) is 1. The number of nitrogens with two attached hydrogens (primary N) is 1. The second kappa shape index (κ2) is 4.26. The standard InChI is InChI=1S/C12H15N3O/c1-3-10(9-6-14-15-7-9)12-11(8(2)13)4-5-16-12/h3,6-7H,1,4-5,13H2,2H3,(H,14,15)/b11-8+,12-10-. The smallest absolute Gasteiger partial charge is 0.132 e. The Balaban J connectivity index is 2.54. The Morgan fingerprint density at radius 1 is 1.69 bits per heavy atom. The quantitative estimate of drug-likeness (QED) is 0.796. The van der Waals surface area contributed by atoms with Gasteiger partial charge in [-0.25, -0.2) is 0 Å². The van der Waals surface area contributed by atoms with Gasteiger partial charge < -0.3 is 10.5 Å². The molecule has 1 fully saturated rings. The number of aromatic amines is 1. The number of hydrogen-bond acceptors (Lipinski definition) is 3. The third-order valence-electron chi connectivity index (χ3n) is 2.61. The molecule has 4 nitrogen and oxygen atoms in total. The van der Waals surface area contributed by atoms with Crippen molar-refractivity contribution in [1.82, 2.24) is 10.2 Å². The zero-order valence-corrected chi connectivity index (χ0v) is 9.29. The summed E-state index contributed by atoms with van der Waals surface area (Å²) in [4.78, 5) is 0. The monoisotopic (exact) mass is 217 g/mol. The van der Waals surface area contributed by atoms with Gasteiger partial charge in [0.2, 0.25) is 0 Å². The van der Waals surface area contributed by atoms with E-state index in [2.05, 4.69) is 16.8 Å². The predicted molar refractivity (Wildman–Crippen MR) is 63.2 cm³/mol. The minimum absolute atomic E-state index is 0.675. The van der Waals surface area contributed by atoms with Crippen molar-refractivity contribution in [3.63, 3.8) is 0 Å². The number of aromatic nitrogens is 2. The summed E-state index contributed by atoms with van der Waals surface area (Å²) in [6, 6.07) is 0. The molecule has 1 aliphatic rings. The molecule has 16 heavy (non-hydrogen) atoms. The Bertz CT molecular complexity index is 451. The normalized spacial score (nSPS) is 21.6. The molecule has 0 radical (unpaired) electrons. The van der Waals surface area contributed by atoms with E-state index in [1.807, 2.05) is 13.1 Å². The van der Waals surface area contributed by atoms with Gasteiger partial charge in [-0.1, -0.05) is 12.7 Å². The third-order valence-corrected chi connectivity index (χ3v) is 2.61. The van der Waals surface area contributed by atoms with E-state index in [9.17, 15) is 0 Å². The first-order valence-corrected chi connectivity index (χ1v) is 5.18. The Labute approximate surface area is 94.5 Å². The molecule has 0 unspecified atom stereocenters. The lowest BCUT2D eigenvalue weighted by atomic mass is 10.0. The van der Waals surface area contributed by atoms with Crippen LogP contribution in [0.3, 0.4) is 0 Å². The molecule has 84 valence electrons. The van der Waals surface area contributed by atoms with Crippen molar-refractivity contribution >= 4 is 5.57 Å². The van der Waals surface area contributed by atoms with Gasteiger partial charge in [-0.05, 0) is 6.92 Å². The van der Waals surface area contributed by atoms with E-state index in [1.165, 1.54) is 0 Å². The van der Waals surface area contributed by atoms with Crippen molar-refractivity contribution in [2.24, 2.45) is 5.73 Å². The summed E-state index contributed by atoms with van der Waals surface area (Å²) < 4.78 is 5.63. The van der Waals surface area contributed by atoms with E-state index in [0.29, 0.717) is 6.61 Å². The summed E-state index contributed by atoms with van der Waals surface area (Å²) in [5.74, 6) is 0.830. The van der Waals surface area contributed by atoms with Crippen LogP contribution in [0.15, 0.2) is 42.1 Å². The highest BCUT2D eigenvalue weighted by atomic mass is 16.5. The predicted octanol–water partition coefficient (Wildman–Crippen LogP) is 1.96. The van der Waals surface area contributed by atoms with Crippen LogP contribution in [0.1, 0.15) is 18.9 Å². The molecule has 0 aromatic carbocycles. The van der Waals surface area contributed by atoms with Crippen molar-refractivity contribution in [3.05, 3.63) is 47.6 Å². The maximum Gasteiger partial charge on any atom is 0.132 e. The lowest BCUT2D eigenvalue weighted by Gasteiger charge is -2.07. The molecule has 0 saturated carbocycles. The lowest BCUT2D eigenvalue weighted by Crippen LogP contribution is -1.98. The van der Waals surface area contributed by atoms with Crippen LogP contribution in [0.5, 0.6) is 0 Å². The minimum atomic E-state index is 0.675. The van der Waals surface area contributed by atoms with Gasteiger partial charge in [0.1, 0.15) is 5.76 Å². The van der Waals surface area contributed by atoms with Crippen molar-refractivity contribution in [2.75, 3.05) is 6.61 Å². The molecule has 0 bridgehead atoms. The summed E-state index contributed by atoms with van der Waals surface area (Å²) in [7, 11) is 0. The van der Waals surface area contributed by atoms with Crippen LogP contribution in [0.25, 0.3) is 5.57 Å². The van der Waals surface area contributed by atoms with Crippen LogP contribution in [-0.4, -0.2) is 16.8 Å². The molecule has 0 atom stereocenters. The van der Waals surface area contributed by atoms with Crippen LogP contribution in [0, 0.1) is 0 Å². The van der Waals surface area contributed by atoms with Gasteiger partial charge in [0.15, 0.2) is 0 Å². The van der Waals surface area contributed by atoms with E-state index in [0.717, 1.165) is 34.6 Å². The zero-order valence-electron chi connectivity index (χ0n) is 9.29. The van der Waals surface area contributed by atoms with E-state index in [1.54, 1.807) is 12.3 Å². The van der Waals surface area contributed by atoms with Gasteiger partial charge in [0.05, 0.1) is 12.8 Å². The molecule has 2 heterocycles. The average molecular weight is 217 g/mol. The van der Waals surface area contributed by atoms with E-state index in [4.69, 9.17) is 10.5 Å². The van der Waals surface area contributed by atoms with Crippen LogP contribution < -0.4 is 5.73 Å². The van der Waals surface area contributed by atoms with Gasteiger partial charge >= 0.3 is 0 Å². The summed E-state index contributed by atoms with van der Waals surface area (Å²) in [6.07, 6.45) is 6.19. The molecule has 1 aliphatic heterocycles. The largest absolute Gasteiger partial charge is 0.492 e. The first-order valence-electron chi connectivity index (χ1n) is 5.18. The second-order valence-electron chi connectivity index (χ2n) is 3.69. The summed E-state index contributed by atoms with van der Waals surface area (Å²) in [6.45, 7) is 6.38. The van der Waals surface area contributed by atoms with Crippen molar-refractivity contribution in [3.8, 4) is 0 Å². The Morgan fingerprint density at radius 3 is 3.06 bits per heavy atom. The lowest BCUT2D eigenvalue weighted by molar-refractivity contribution is 0.267. The number of hydrogen-bond donors (Lipinski definition) is 2. The van der Waals surface area contributed by atoms with E-state index in [-0.39, 0.29) is 0 Å². The molecule has 2 rings (SSSR count). The SMILES string of the molecule is C=C/C(=C1/OCC/C1=C(/C)N)c1cn[nH]c1. The maximum atomic E-state index is 5.84. The first kappa shape index (κ1) is 10.5. The maximum absolute atomic E-state index is 5.84. The second-order valence-corrected chi connectivity index (χ2v) is 3.69. The highest BCUT2D eigenvalue weighted by molar-refractivity contribution is 5.77. The number of nitrogens with one attached hydrogen (secondary N) is 1. The van der Waals surface area contributed by atoms with Crippen LogP contribution >= 0.6 is 0 Å². The van der Waals surface area contributed by atoms with E-state index >= 15 is 0 Å². The molecule has 0 spiro atoms. The van der Waals surface area contributed by atoms with Gasteiger partial charge in [0.25, 0.3) is 0 Å². The van der Waals surface area contributed by atoms with Gasteiger partial charge in [0, 0.05) is 35.0 Å². The molecule has 0 amide bonds. The Kier molecular flexibility index (Phi) is 2.81. The Morgan fingerprint density at radius 2 is 2.50 bits per heavy atom. The van der Waals surface area contributed by atoms with Crippen molar-refractivity contribution in [1.29, 1.82) is 0 Å². The summed E-state index contributed by atoms with van der Waals surface area (Å²) in [5, 5.41) is 6.70. The van der Waals surface area contributed by atoms with Gasteiger partial charge in [-0.3, -0.25) is 5.10 Å². The molecule has 1 aromatic rings. The van der Waals surface area contributed by atoms with Crippen LogP contribution in [0.2, 0.25) is 0 Å². The van der Waals surface area contributed by atoms with Crippen LogP contribution in [-0.2, 0) is 4.74 Å². The van der Waals surface area contributed by atoms with Crippen LogP contribution in [0.4, 0.5) is 0 Å². The fourth-order valence-electron chi connectivity index (χ4n) is 1.81. The average Bonchev–Trinajstić information content (AvgIpc) is 2.88. The minimum Gasteiger partial charge on any atom is -0.492 e. The molecule has 1 aromatic heterocycles. The molecule has 1 saturated heterocycles. The number of H-pyrrole nitrogens is 1. The first-order chi connectivity index (χ1) is 7.74. The summed E-state index contributed by atoms with van der Waals surface area (Å²) >= 11 is 0. The van der Waals surface area contributed by atoms with Gasteiger partial charge in [-0.2, -0.15) is 5.10 Å². The zero-order chi connectivity index (χ0) is 11.5.